The summed E-state index contributed by atoms with van der Waals surface area (Å²) in [5.41, 5.74) is 2.21. The lowest BCUT2D eigenvalue weighted by Crippen LogP contribution is -2.16. The number of imidazole rings is 1. The van der Waals surface area contributed by atoms with Crippen molar-refractivity contribution in [3.8, 4) is 16.5 Å². The van der Waals surface area contributed by atoms with Gasteiger partial charge in [-0.15, -0.1) is 11.3 Å². The van der Waals surface area contributed by atoms with Crippen molar-refractivity contribution in [2.75, 3.05) is 0 Å². The second-order valence-electron chi connectivity index (χ2n) is 6.19. The minimum atomic E-state index is -0.468. The molecule has 0 saturated carbocycles. The number of aryl methyl sites for hydroxylation is 2. The summed E-state index contributed by atoms with van der Waals surface area (Å²) < 4.78 is 12.5. The van der Waals surface area contributed by atoms with Gasteiger partial charge in [0, 0.05) is 11.9 Å². The summed E-state index contributed by atoms with van der Waals surface area (Å²) in [4.78, 5) is 32.1. The highest BCUT2D eigenvalue weighted by molar-refractivity contribution is 7.13. The van der Waals surface area contributed by atoms with Gasteiger partial charge in [0.15, 0.2) is 0 Å². The Labute approximate surface area is 164 Å². The van der Waals surface area contributed by atoms with Gasteiger partial charge in [0.05, 0.1) is 16.1 Å². The van der Waals surface area contributed by atoms with Crippen LogP contribution in [-0.4, -0.2) is 20.5 Å². The van der Waals surface area contributed by atoms with Crippen LogP contribution >= 0.6 is 11.3 Å². The average Bonchev–Trinajstić information content (AvgIpc) is 3.41. The molecule has 3 aromatic heterocycles. The lowest BCUT2D eigenvalue weighted by molar-refractivity contribution is 0.0467. The number of oxazole rings is 1. The number of aromatic amines is 1. The number of rotatable bonds is 5. The molecule has 0 atom stereocenters. The van der Waals surface area contributed by atoms with Gasteiger partial charge in [0.25, 0.3) is 0 Å². The van der Waals surface area contributed by atoms with Crippen LogP contribution in [-0.2, 0) is 11.3 Å². The van der Waals surface area contributed by atoms with Gasteiger partial charge in [-0.1, -0.05) is 6.07 Å². The smallest absolute Gasteiger partial charge is 0.338 e. The van der Waals surface area contributed by atoms with E-state index in [-0.39, 0.29) is 12.3 Å². The molecule has 0 fully saturated rings. The summed E-state index contributed by atoms with van der Waals surface area (Å²) in [6, 6.07) is 10.5. The van der Waals surface area contributed by atoms with Crippen molar-refractivity contribution in [2.45, 2.75) is 20.5 Å². The van der Waals surface area contributed by atoms with Crippen molar-refractivity contribution in [1.29, 1.82) is 0 Å². The number of esters is 1. The molecule has 0 unspecified atom stereocenters. The zero-order valence-corrected chi connectivity index (χ0v) is 16.1. The second-order valence-corrected chi connectivity index (χ2v) is 7.14. The molecule has 0 aliphatic rings. The van der Waals surface area contributed by atoms with E-state index in [1.807, 2.05) is 24.4 Å². The minimum absolute atomic E-state index is 0.0255. The van der Waals surface area contributed by atoms with Crippen molar-refractivity contribution in [3.05, 3.63) is 81.2 Å². The lowest BCUT2D eigenvalue weighted by atomic mass is 10.2. The maximum absolute atomic E-state index is 12.3. The molecule has 7 nitrogen and oxygen atoms in total. The third kappa shape index (κ3) is 3.41. The lowest BCUT2D eigenvalue weighted by Gasteiger charge is -2.06. The summed E-state index contributed by atoms with van der Waals surface area (Å²) in [7, 11) is 0. The van der Waals surface area contributed by atoms with E-state index in [0.29, 0.717) is 28.6 Å². The van der Waals surface area contributed by atoms with Crippen molar-refractivity contribution in [2.24, 2.45) is 0 Å². The predicted molar refractivity (Wildman–Crippen MR) is 105 cm³/mol. The average molecular weight is 395 g/mol. The molecule has 0 aliphatic carbocycles. The third-order valence-corrected chi connectivity index (χ3v) is 5.14. The molecule has 28 heavy (non-hydrogen) atoms. The topological polar surface area (TPSA) is 90.1 Å². The second kappa shape index (κ2) is 7.32. The molecule has 0 radical (unpaired) electrons. The SMILES string of the molecule is Cc1oc(-c2cccs2)nc1COC(=O)c1ccc(-n2c(C)c[nH]c2=O)cc1. The number of H-pyrrole nitrogens is 1. The molecule has 0 bridgehead atoms. The first-order valence-corrected chi connectivity index (χ1v) is 9.45. The first-order valence-electron chi connectivity index (χ1n) is 8.57. The fourth-order valence-electron chi connectivity index (χ4n) is 2.81. The van der Waals surface area contributed by atoms with Crippen LogP contribution in [0.15, 0.2) is 57.2 Å². The van der Waals surface area contributed by atoms with E-state index in [0.717, 1.165) is 10.6 Å². The number of hydrogen-bond acceptors (Lipinski definition) is 6. The first kappa shape index (κ1) is 18.0. The monoisotopic (exact) mass is 395 g/mol. The van der Waals surface area contributed by atoms with Gasteiger partial charge in [0.1, 0.15) is 18.1 Å². The van der Waals surface area contributed by atoms with Crippen LogP contribution in [0.4, 0.5) is 0 Å². The third-order valence-electron chi connectivity index (χ3n) is 4.29. The Morgan fingerprint density at radius 3 is 2.68 bits per heavy atom. The molecule has 0 saturated heterocycles. The summed E-state index contributed by atoms with van der Waals surface area (Å²) in [5, 5.41) is 1.95. The standard InChI is InChI=1S/C20H17N3O4S/c1-12-10-21-20(25)23(12)15-7-5-14(6-8-15)19(24)26-11-16-13(2)27-18(22-16)17-4-3-9-28-17/h3-10H,11H2,1-2H3,(H,21,25). The summed E-state index contributed by atoms with van der Waals surface area (Å²) in [6.45, 7) is 3.64. The maximum atomic E-state index is 12.3. The van der Waals surface area contributed by atoms with Gasteiger partial charge in [-0.05, 0) is 49.6 Å². The van der Waals surface area contributed by atoms with E-state index in [4.69, 9.17) is 9.15 Å². The number of ether oxygens (including phenoxy) is 1. The molecule has 1 aromatic carbocycles. The summed E-state index contributed by atoms with van der Waals surface area (Å²) >= 11 is 1.53. The fourth-order valence-corrected chi connectivity index (χ4v) is 3.46. The number of benzene rings is 1. The van der Waals surface area contributed by atoms with Crippen LogP contribution in [0.5, 0.6) is 0 Å². The number of carbonyl (C=O) groups is 1. The molecule has 0 amide bonds. The van der Waals surface area contributed by atoms with E-state index in [2.05, 4.69) is 9.97 Å². The molecule has 4 aromatic rings. The minimum Gasteiger partial charge on any atom is -0.455 e. The van der Waals surface area contributed by atoms with E-state index < -0.39 is 5.97 Å². The molecule has 0 spiro atoms. The van der Waals surface area contributed by atoms with E-state index in [1.54, 1.807) is 37.4 Å². The highest BCUT2D eigenvalue weighted by Gasteiger charge is 2.15. The van der Waals surface area contributed by atoms with Crippen molar-refractivity contribution in [1.82, 2.24) is 14.5 Å². The predicted octanol–water partition coefficient (Wildman–Crippen LogP) is 3.86. The van der Waals surface area contributed by atoms with Gasteiger partial charge in [-0.3, -0.25) is 4.57 Å². The zero-order chi connectivity index (χ0) is 19.7. The quantitative estimate of drug-likeness (QED) is 0.518. The molecule has 8 heteroatoms. The van der Waals surface area contributed by atoms with E-state index in [1.165, 1.54) is 15.9 Å². The van der Waals surface area contributed by atoms with Crippen molar-refractivity contribution >= 4 is 17.3 Å². The molecule has 0 aliphatic heterocycles. The van der Waals surface area contributed by atoms with Crippen molar-refractivity contribution in [3.63, 3.8) is 0 Å². The Morgan fingerprint density at radius 1 is 1.25 bits per heavy atom. The summed E-state index contributed by atoms with van der Waals surface area (Å²) in [6.07, 6.45) is 1.63. The Morgan fingerprint density at radius 2 is 2.04 bits per heavy atom. The molecule has 4 rings (SSSR count). The number of carbonyl (C=O) groups excluding carboxylic acids is 1. The fraction of sp³-hybridized carbons (Fsp3) is 0.150. The Hall–Kier alpha value is -3.39. The van der Waals surface area contributed by atoms with Crippen LogP contribution in [0.2, 0.25) is 0 Å². The van der Waals surface area contributed by atoms with Crippen LogP contribution in [0.25, 0.3) is 16.5 Å². The van der Waals surface area contributed by atoms with Gasteiger partial charge < -0.3 is 14.1 Å². The zero-order valence-electron chi connectivity index (χ0n) is 15.3. The first-order chi connectivity index (χ1) is 13.5. The highest BCUT2D eigenvalue weighted by Crippen LogP contribution is 2.26. The summed E-state index contributed by atoms with van der Waals surface area (Å²) in [5.74, 6) is 0.675. The number of hydrogen-bond donors (Lipinski definition) is 1. The van der Waals surface area contributed by atoms with Gasteiger partial charge in [-0.2, -0.15) is 0 Å². The molecular formula is C20H17N3O4S. The maximum Gasteiger partial charge on any atom is 0.338 e. The van der Waals surface area contributed by atoms with Crippen LogP contribution in [0.3, 0.4) is 0 Å². The largest absolute Gasteiger partial charge is 0.455 e. The number of thiophene rings is 1. The Kier molecular flexibility index (Phi) is 4.70. The number of nitrogens with one attached hydrogen (secondary N) is 1. The molecular weight excluding hydrogens is 378 g/mol. The number of nitrogens with zero attached hydrogens (tertiary/aromatic N) is 2. The Bertz CT molecular complexity index is 1170. The van der Waals surface area contributed by atoms with E-state index in [9.17, 15) is 9.59 Å². The number of aromatic nitrogens is 3. The van der Waals surface area contributed by atoms with Crippen molar-refractivity contribution < 1.29 is 13.9 Å². The van der Waals surface area contributed by atoms with E-state index >= 15 is 0 Å². The van der Waals surface area contributed by atoms with Crippen LogP contribution in [0.1, 0.15) is 27.5 Å². The van der Waals surface area contributed by atoms with Crippen LogP contribution < -0.4 is 5.69 Å². The normalized spacial score (nSPS) is 10.9. The van der Waals surface area contributed by atoms with Gasteiger partial charge in [-0.25, -0.2) is 14.6 Å². The molecule has 3 heterocycles. The van der Waals surface area contributed by atoms with Crippen LogP contribution in [0, 0.1) is 13.8 Å². The van der Waals surface area contributed by atoms with Gasteiger partial charge >= 0.3 is 11.7 Å². The van der Waals surface area contributed by atoms with Gasteiger partial charge in [0.2, 0.25) is 5.89 Å². The highest BCUT2D eigenvalue weighted by atomic mass is 32.1. The Balaban J connectivity index is 1.45. The molecule has 1 N–H and O–H groups in total. The molecule has 142 valence electrons.